The maximum Gasteiger partial charge on any atom is 0.127 e. The fourth-order valence-electron chi connectivity index (χ4n) is 3.74. The predicted molar refractivity (Wildman–Crippen MR) is 97.9 cm³/mol. The van der Waals surface area contributed by atoms with E-state index in [0.29, 0.717) is 13.2 Å². The summed E-state index contributed by atoms with van der Waals surface area (Å²) in [4.78, 5) is 2.40. The van der Waals surface area contributed by atoms with Crippen LogP contribution < -0.4 is 10.5 Å². The molecule has 3 nitrogen and oxygen atoms in total. The summed E-state index contributed by atoms with van der Waals surface area (Å²) < 4.78 is 6.13. The van der Waals surface area contributed by atoms with Crippen molar-refractivity contribution in [1.29, 1.82) is 0 Å². The fourth-order valence-corrected chi connectivity index (χ4v) is 3.74. The van der Waals surface area contributed by atoms with Gasteiger partial charge in [0.05, 0.1) is 0 Å². The molecule has 3 heteroatoms. The molecule has 0 saturated carbocycles. The van der Waals surface area contributed by atoms with Gasteiger partial charge in [0.15, 0.2) is 0 Å². The van der Waals surface area contributed by atoms with Crippen LogP contribution in [0.2, 0.25) is 0 Å². The molecule has 0 spiro atoms. The Kier molecular flexibility index (Phi) is 4.13. The Morgan fingerprint density at radius 3 is 2.62 bits per heavy atom. The number of ether oxygens (including phenoxy) is 1. The third-order valence-corrected chi connectivity index (χ3v) is 5.16. The number of likely N-dealkylation sites (tertiary alicyclic amines) is 1. The van der Waals surface area contributed by atoms with Gasteiger partial charge in [-0.1, -0.05) is 35.9 Å². The number of fused-ring (bicyclic) bond motifs is 2. The molecule has 0 unspecified atom stereocenters. The largest absolute Gasteiger partial charge is 0.488 e. The minimum Gasteiger partial charge on any atom is -0.488 e. The third-order valence-electron chi connectivity index (χ3n) is 5.16. The summed E-state index contributed by atoms with van der Waals surface area (Å²) in [7, 11) is 2.20. The summed E-state index contributed by atoms with van der Waals surface area (Å²) >= 11 is 0. The molecule has 0 aromatic heterocycles. The van der Waals surface area contributed by atoms with E-state index >= 15 is 0 Å². The van der Waals surface area contributed by atoms with Crippen molar-refractivity contribution in [3.05, 3.63) is 70.3 Å². The molecule has 24 heavy (non-hydrogen) atoms. The van der Waals surface area contributed by atoms with Crippen molar-refractivity contribution in [1.82, 2.24) is 4.90 Å². The average Bonchev–Trinajstić information content (AvgIpc) is 2.79. The van der Waals surface area contributed by atoms with E-state index in [-0.39, 0.29) is 0 Å². The van der Waals surface area contributed by atoms with Crippen molar-refractivity contribution in [2.24, 2.45) is 5.73 Å². The Hall–Kier alpha value is -2.10. The molecule has 0 aliphatic carbocycles. The SMILES string of the molecule is CN1CCC(=C2c3ccccc3COc3ccc(CN)cc32)CC1. The van der Waals surface area contributed by atoms with Gasteiger partial charge < -0.3 is 15.4 Å². The van der Waals surface area contributed by atoms with Gasteiger partial charge in [0.25, 0.3) is 0 Å². The molecule has 1 saturated heterocycles. The van der Waals surface area contributed by atoms with Crippen LogP contribution in [0.1, 0.15) is 35.1 Å². The second-order valence-electron chi connectivity index (χ2n) is 6.76. The van der Waals surface area contributed by atoms with Gasteiger partial charge in [-0.2, -0.15) is 0 Å². The van der Waals surface area contributed by atoms with Crippen LogP contribution in [0.3, 0.4) is 0 Å². The summed E-state index contributed by atoms with van der Waals surface area (Å²) in [6.07, 6.45) is 2.24. The lowest BCUT2D eigenvalue weighted by atomic mass is 9.86. The third kappa shape index (κ3) is 2.74. The van der Waals surface area contributed by atoms with Gasteiger partial charge >= 0.3 is 0 Å². The zero-order valence-electron chi connectivity index (χ0n) is 14.2. The monoisotopic (exact) mass is 320 g/mol. The molecule has 124 valence electrons. The Balaban J connectivity index is 1.94. The van der Waals surface area contributed by atoms with Crippen LogP contribution in [0, 0.1) is 0 Å². The van der Waals surface area contributed by atoms with Gasteiger partial charge in [0.2, 0.25) is 0 Å². The summed E-state index contributed by atoms with van der Waals surface area (Å²) in [5.41, 5.74) is 13.8. The lowest BCUT2D eigenvalue weighted by molar-refractivity contribution is 0.307. The normalized spacial score (nSPS) is 17.8. The van der Waals surface area contributed by atoms with Crippen LogP contribution in [0.15, 0.2) is 48.0 Å². The second kappa shape index (κ2) is 6.42. The molecule has 0 atom stereocenters. The van der Waals surface area contributed by atoms with E-state index in [4.69, 9.17) is 10.5 Å². The topological polar surface area (TPSA) is 38.5 Å². The van der Waals surface area contributed by atoms with Crippen LogP contribution in [-0.4, -0.2) is 25.0 Å². The van der Waals surface area contributed by atoms with Gasteiger partial charge in [-0.3, -0.25) is 0 Å². The first-order valence-corrected chi connectivity index (χ1v) is 8.71. The molecule has 0 bridgehead atoms. The molecular formula is C21H24N2O. The van der Waals surface area contributed by atoms with Crippen molar-refractivity contribution >= 4 is 5.57 Å². The number of hydrogen-bond acceptors (Lipinski definition) is 3. The van der Waals surface area contributed by atoms with Crippen molar-refractivity contribution < 1.29 is 4.74 Å². The van der Waals surface area contributed by atoms with Crippen molar-refractivity contribution in [3.63, 3.8) is 0 Å². The van der Waals surface area contributed by atoms with Crippen LogP contribution in [0.25, 0.3) is 5.57 Å². The Morgan fingerprint density at radius 2 is 1.83 bits per heavy atom. The summed E-state index contributed by atoms with van der Waals surface area (Å²) in [5, 5.41) is 0. The quantitative estimate of drug-likeness (QED) is 0.873. The first-order chi connectivity index (χ1) is 11.8. The van der Waals surface area contributed by atoms with Crippen LogP contribution >= 0.6 is 0 Å². The molecule has 1 fully saturated rings. The standard InChI is InChI=1S/C21H24N2O/c1-23-10-8-16(9-11-23)21-18-5-3-2-4-17(18)14-24-20-7-6-15(13-22)12-19(20)21/h2-7,12H,8-11,13-14,22H2,1H3. The van der Waals surface area contributed by atoms with E-state index in [2.05, 4.69) is 54.4 Å². The number of benzene rings is 2. The van der Waals surface area contributed by atoms with Crippen molar-refractivity contribution in [2.45, 2.75) is 26.0 Å². The molecule has 0 amide bonds. The minimum absolute atomic E-state index is 0.556. The predicted octanol–water partition coefficient (Wildman–Crippen LogP) is 3.57. The van der Waals surface area contributed by atoms with E-state index in [0.717, 1.165) is 37.2 Å². The van der Waals surface area contributed by atoms with Gasteiger partial charge in [0.1, 0.15) is 12.4 Å². The van der Waals surface area contributed by atoms with E-state index in [1.807, 2.05) is 0 Å². The fraction of sp³-hybridized carbons (Fsp3) is 0.333. The molecule has 2 heterocycles. The number of rotatable bonds is 1. The number of piperidine rings is 1. The highest BCUT2D eigenvalue weighted by Gasteiger charge is 2.24. The van der Waals surface area contributed by atoms with E-state index < -0.39 is 0 Å². The Bertz CT molecular complexity index is 784. The first kappa shape index (κ1) is 15.4. The lowest BCUT2D eigenvalue weighted by Gasteiger charge is -2.27. The molecule has 2 aromatic rings. The highest BCUT2D eigenvalue weighted by Crippen LogP contribution is 2.41. The summed E-state index contributed by atoms with van der Waals surface area (Å²) in [5.74, 6) is 0.977. The van der Waals surface area contributed by atoms with Crippen molar-refractivity contribution in [2.75, 3.05) is 20.1 Å². The molecule has 2 N–H and O–H groups in total. The Labute approximate surface area is 143 Å². The molecule has 0 radical (unpaired) electrons. The van der Waals surface area contributed by atoms with Gasteiger partial charge in [0, 0.05) is 25.2 Å². The molecule has 2 aliphatic rings. The lowest BCUT2D eigenvalue weighted by Crippen LogP contribution is -2.27. The van der Waals surface area contributed by atoms with Crippen LogP contribution in [-0.2, 0) is 13.2 Å². The van der Waals surface area contributed by atoms with Gasteiger partial charge in [-0.25, -0.2) is 0 Å². The van der Waals surface area contributed by atoms with Gasteiger partial charge in [-0.05, 0) is 54.3 Å². The maximum atomic E-state index is 6.13. The highest BCUT2D eigenvalue weighted by atomic mass is 16.5. The minimum atomic E-state index is 0.556. The maximum absolute atomic E-state index is 6.13. The van der Waals surface area contributed by atoms with E-state index in [9.17, 15) is 0 Å². The van der Waals surface area contributed by atoms with E-state index in [1.165, 1.54) is 22.3 Å². The van der Waals surface area contributed by atoms with Crippen LogP contribution in [0.4, 0.5) is 0 Å². The van der Waals surface area contributed by atoms with E-state index in [1.54, 1.807) is 5.57 Å². The van der Waals surface area contributed by atoms with Gasteiger partial charge in [-0.15, -0.1) is 0 Å². The second-order valence-corrected chi connectivity index (χ2v) is 6.76. The molecule has 2 aliphatic heterocycles. The zero-order valence-corrected chi connectivity index (χ0v) is 14.2. The number of hydrogen-bond donors (Lipinski definition) is 1. The number of nitrogens with two attached hydrogens (primary N) is 1. The summed E-state index contributed by atoms with van der Waals surface area (Å²) in [6.45, 7) is 3.42. The first-order valence-electron chi connectivity index (χ1n) is 8.71. The Morgan fingerprint density at radius 1 is 1.04 bits per heavy atom. The zero-order chi connectivity index (χ0) is 16.5. The smallest absolute Gasteiger partial charge is 0.127 e. The average molecular weight is 320 g/mol. The molecular weight excluding hydrogens is 296 g/mol. The summed E-state index contributed by atoms with van der Waals surface area (Å²) in [6, 6.07) is 15.0. The van der Waals surface area contributed by atoms with Crippen LogP contribution in [0.5, 0.6) is 5.75 Å². The molecule has 4 rings (SSSR count). The highest BCUT2D eigenvalue weighted by molar-refractivity contribution is 5.87. The number of nitrogens with zero attached hydrogens (tertiary/aromatic N) is 1. The van der Waals surface area contributed by atoms with Crippen molar-refractivity contribution in [3.8, 4) is 5.75 Å². The molecule has 2 aromatic carbocycles.